The second kappa shape index (κ2) is 10.4. The van der Waals surface area contributed by atoms with Crippen molar-refractivity contribution in [2.75, 3.05) is 24.7 Å². The van der Waals surface area contributed by atoms with Crippen LogP contribution in [0.1, 0.15) is 36.7 Å². The molecular formula is C14H23N3O3S. The van der Waals surface area contributed by atoms with E-state index < -0.39 is 0 Å². The lowest BCUT2D eigenvalue weighted by Crippen LogP contribution is -2.30. The Bertz CT molecular complexity index is 491. The number of amides is 1. The second-order valence-electron chi connectivity index (χ2n) is 4.58. The lowest BCUT2D eigenvalue weighted by Gasteiger charge is -2.07. The molecule has 1 amide bonds. The molecule has 1 rings (SSSR count). The molecule has 0 radical (unpaired) electrons. The van der Waals surface area contributed by atoms with Gasteiger partial charge in [-0.3, -0.25) is 9.59 Å². The van der Waals surface area contributed by atoms with Crippen LogP contribution < -0.4 is 10.9 Å². The fourth-order valence-electron chi connectivity index (χ4n) is 1.63. The van der Waals surface area contributed by atoms with Gasteiger partial charge in [-0.1, -0.05) is 13.3 Å². The predicted molar refractivity (Wildman–Crippen MR) is 84.8 cm³/mol. The molecule has 1 heterocycles. The zero-order chi connectivity index (χ0) is 15.5. The molecule has 118 valence electrons. The van der Waals surface area contributed by atoms with Crippen LogP contribution in [0.3, 0.4) is 0 Å². The first-order valence-corrected chi connectivity index (χ1v) is 8.39. The van der Waals surface area contributed by atoms with Gasteiger partial charge in [0.2, 0.25) is 0 Å². The third-order valence-corrected chi connectivity index (χ3v) is 3.87. The van der Waals surface area contributed by atoms with Crippen LogP contribution in [0, 0.1) is 0 Å². The van der Waals surface area contributed by atoms with Gasteiger partial charge in [0.1, 0.15) is 5.69 Å². The smallest absolute Gasteiger partial charge is 0.271 e. The Morgan fingerprint density at radius 3 is 2.90 bits per heavy atom. The van der Waals surface area contributed by atoms with Crippen molar-refractivity contribution >= 4 is 17.7 Å². The van der Waals surface area contributed by atoms with Crippen molar-refractivity contribution in [3.8, 4) is 0 Å². The zero-order valence-corrected chi connectivity index (χ0v) is 13.2. The summed E-state index contributed by atoms with van der Waals surface area (Å²) in [6.07, 6.45) is 2.59. The number of carbonyl (C=O) groups excluding carboxylic acids is 1. The summed E-state index contributed by atoms with van der Waals surface area (Å²) in [6, 6.07) is 2.84. The molecule has 0 bridgehead atoms. The number of aliphatic hydroxyl groups excluding tert-OH is 1. The van der Waals surface area contributed by atoms with Crippen LogP contribution in [-0.4, -0.2) is 45.5 Å². The van der Waals surface area contributed by atoms with Gasteiger partial charge in [0.15, 0.2) is 0 Å². The maximum Gasteiger partial charge on any atom is 0.271 e. The molecule has 7 heteroatoms. The zero-order valence-electron chi connectivity index (χ0n) is 12.4. The summed E-state index contributed by atoms with van der Waals surface area (Å²) in [5, 5.41) is 15.5. The first kappa shape index (κ1) is 17.7. The molecule has 0 fully saturated rings. The largest absolute Gasteiger partial charge is 0.396 e. The molecule has 0 aromatic carbocycles. The molecule has 0 unspecified atom stereocenters. The van der Waals surface area contributed by atoms with Gasteiger partial charge in [0.05, 0.1) is 0 Å². The molecule has 6 nitrogen and oxygen atoms in total. The van der Waals surface area contributed by atoms with Crippen molar-refractivity contribution in [1.82, 2.24) is 15.1 Å². The first-order valence-electron chi connectivity index (χ1n) is 7.24. The van der Waals surface area contributed by atoms with E-state index in [2.05, 4.69) is 10.4 Å². The minimum Gasteiger partial charge on any atom is -0.396 e. The number of aromatic nitrogens is 2. The maximum atomic E-state index is 11.9. The number of hydrogen-bond donors (Lipinski definition) is 2. The molecule has 1 aromatic heterocycles. The van der Waals surface area contributed by atoms with Crippen molar-refractivity contribution < 1.29 is 9.90 Å². The molecule has 0 saturated carbocycles. The summed E-state index contributed by atoms with van der Waals surface area (Å²) < 4.78 is 1.34. The molecule has 0 aliphatic carbocycles. The van der Waals surface area contributed by atoms with Gasteiger partial charge >= 0.3 is 0 Å². The SMILES string of the molecule is CCCCn1nc(C(=O)NCCSCCCO)ccc1=O. The Morgan fingerprint density at radius 2 is 2.19 bits per heavy atom. The van der Waals surface area contributed by atoms with Gasteiger partial charge in [-0.15, -0.1) is 0 Å². The number of nitrogens with zero attached hydrogens (tertiary/aromatic N) is 2. The van der Waals surface area contributed by atoms with E-state index in [0.717, 1.165) is 30.8 Å². The molecule has 1 aromatic rings. The first-order chi connectivity index (χ1) is 10.2. The van der Waals surface area contributed by atoms with E-state index in [1.165, 1.54) is 16.8 Å². The van der Waals surface area contributed by atoms with Crippen molar-refractivity contribution in [3.63, 3.8) is 0 Å². The van der Waals surface area contributed by atoms with Gasteiger partial charge < -0.3 is 10.4 Å². The van der Waals surface area contributed by atoms with E-state index in [4.69, 9.17) is 5.11 Å². The minimum atomic E-state index is -0.261. The third kappa shape index (κ3) is 6.77. The van der Waals surface area contributed by atoms with E-state index in [-0.39, 0.29) is 23.8 Å². The number of aliphatic hydroxyl groups is 1. The Balaban J connectivity index is 2.44. The number of nitrogens with one attached hydrogen (secondary N) is 1. The molecule has 0 aliphatic heterocycles. The van der Waals surface area contributed by atoms with Crippen LogP contribution in [0.25, 0.3) is 0 Å². The summed E-state index contributed by atoms with van der Waals surface area (Å²) >= 11 is 1.68. The van der Waals surface area contributed by atoms with E-state index in [0.29, 0.717) is 13.1 Å². The van der Waals surface area contributed by atoms with E-state index in [9.17, 15) is 9.59 Å². The molecule has 0 atom stereocenters. The average Bonchev–Trinajstić information content (AvgIpc) is 2.49. The van der Waals surface area contributed by atoms with Gasteiger partial charge in [0.25, 0.3) is 11.5 Å². The van der Waals surface area contributed by atoms with Crippen LogP contribution >= 0.6 is 11.8 Å². The summed E-state index contributed by atoms with van der Waals surface area (Å²) in [5.74, 6) is 1.41. The number of carbonyl (C=O) groups is 1. The quantitative estimate of drug-likeness (QED) is 0.627. The van der Waals surface area contributed by atoms with Crippen LogP contribution in [-0.2, 0) is 6.54 Å². The lowest BCUT2D eigenvalue weighted by molar-refractivity contribution is 0.0948. The van der Waals surface area contributed by atoms with E-state index in [1.54, 1.807) is 11.8 Å². The van der Waals surface area contributed by atoms with Crippen molar-refractivity contribution in [2.45, 2.75) is 32.7 Å². The Hall–Kier alpha value is -1.34. The minimum absolute atomic E-state index is 0.181. The van der Waals surface area contributed by atoms with Crippen molar-refractivity contribution in [2.24, 2.45) is 0 Å². The van der Waals surface area contributed by atoms with Crippen LogP contribution in [0.4, 0.5) is 0 Å². The summed E-state index contributed by atoms with van der Waals surface area (Å²) in [6.45, 7) is 3.32. The Kier molecular flexibility index (Phi) is 8.77. The molecule has 0 aliphatic rings. The number of thioether (sulfide) groups is 1. The van der Waals surface area contributed by atoms with Gasteiger partial charge in [-0.25, -0.2) is 4.68 Å². The molecule has 2 N–H and O–H groups in total. The maximum absolute atomic E-state index is 11.9. The van der Waals surface area contributed by atoms with Gasteiger partial charge in [-0.05, 0) is 24.7 Å². The highest BCUT2D eigenvalue weighted by molar-refractivity contribution is 7.99. The number of hydrogen-bond acceptors (Lipinski definition) is 5. The summed E-state index contributed by atoms with van der Waals surface area (Å²) in [5.41, 5.74) is 0.0885. The van der Waals surface area contributed by atoms with E-state index in [1.807, 2.05) is 6.92 Å². The fraction of sp³-hybridized carbons (Fsp3) is 0.643. The topological polar surface area (TPSA) is 84.2 Å². The highest BCUT2D eigenvalue weighted by atomic mass is 32.2. The summed E-state index contributed by atoms with van der Waals surface area (Å²) in [7, 11) is 0. The average molecular weight is 313 g/mol. The van der Waals surface area contributed by atoms with Gasteiger partial charge in [0, 0.05) is 31.5 Å². The summed E-state index contributed by atoms with van der Waals surface area (Å²) in [4.78, 5) is 23.5. The number of unbranched alkanes of at least 4 members (excludes halogenated alkanes) is 1. The fourth-order valence-corrected chi connectivity index (χ4v) is 2.42. The molecule has 0 saturated heterocycles. The molecule has 21 heavy (non-hydrogen) atoms. The standard InChI is InChI=1S/C14H23N3O3S/c1-2-3-8-17-13(19)6-5-12(16-17)14(20)15-7-11-21-10-4-9-18/h5-6,18H,2-4,7-11H2,1H3,(H,15,20). The van der Waals surface area contributed by atoms with Crippen LogP contribution in [0.15, 0.2) is 16.9 Å². The lowest BCUT2D eigenvalue weighted by atomic mass is 10.3. The highest BCUT2D eigenvalue weighted by Crippen LogP contribution is 2.00. The Labute approximate surface area is 128 Å². The predicted octanol–water partition coefficient (Wildman–Crippen LogP) is 0.889. The third-order valence-electron chi connectivity index (χ3n) is 2.80. The van der Waals surface area contributed by atoms with Crippen molar-refractivity contribution in [1.29, 1.82) is 0 Å². The van der Waals surface area contributed by atoms with Crippen LogP contribution in [0.2, 0.25) is 0 Å². The van der Waals surface area contributed by atoms with Crippen LogP contribution in [0.5, 0.6) is 0 Å². The number of rotatable bonds is 10. The monoisotopic (exact) mass is 313 g/mol. The Morgan fingerprint density at radius 1 is 1.38 bits per heavy atom. The highest BCUT2D eigenvalue weighted by Gasteiger charge is 2.08. The van der Waals surface area contributed by atoms with Gasteiger partial charge in [-0.2, -0.15) is 16.9 Å². The molecule has 0 spiro atoms. The van der Waals surface area contributed by atoms with Crippen molar-refractivity contribution in [3.05, 3.63) is 28.2 Å². The normalized spacial score (nSPS) is 10.6. The number of aryl methyl sites for hydroxylation is 1. The molecular weight excluding hydrogens is 290 g/mol. The second-order valence-corrected chi connectivity index (χ2v) is 5.80. The van der Waals surface area contributed by atoms with E-state index >= 15 is 0 Å².